The van der Waals surface area contributed by atoms with Crippen LogP contribution in [0.25, 0.3) is 97.8 Å². The number of hydrogen-bond acceptors (Lipinski definition) is 4. The minimum absolute atomic E-state index is 0.653. The van der Waals surface area contributed by atoms with E-state index in [1.165, 1.54) is 52.7 Å². The van der Waals surface area contributed by atoms with Gasteiger partial charge in [0, 0.05) is 42.2 Å². The topological polar surface area (TPSA) is 38.7 Å². The molecule has 228 valence electrons. The van der Waals surface area contributed by atoms with E-state index in [0.29, 0.717) is 17.5 Å². The maximum Gasteiger partial charge on any atom is 0.164 e. The van der Waals surface area contributed by atoms with Crippen LogP contribution in [0.2, 0.25) is 0 Å². The highest BCUT2D eigenvalue weighted by molar-refractivity contribution is 7.27. The van der Waals surface area contributed by atoms with Gasteiger partial charge in [0.1, 0.15) is 0 Å². The fourth-order valence-corrected chi connectivity index (χ4v) is 8.41. The summed E-state index contributed by atoms with van der Waals surface area (Å²) in [7, 11) is 0. The van der Waals surface area contributed by atoms with E-state index in [9.17, 15) is 0 Å². The van der Waals surface area contributed by atoms with Crippen molar-refractivity contribution in [2.75, 3.05) is 0 Å². The van der Waals surface area contributed by atoms with Gasteiger partial charge in [-0.25, -0.2) is 15.0 Å². The van der Waals surface area contributed by atoms with E-state index in [4.69, 9.17) is 15.0 Å². The summed E-state index contributed by atoms with van der Waals surface area (Å²) in [4.78, 5) is 15.1. The highest BCUT2D eigenvalue weighted by atomic mass is 32.1. The second-order valence-electron chi connectivity index (χ2n) is 12.4. The predicted molar refractivity (Wildman–Crippen MR) is 207 cm³/mol. The van der Waals surface area contributed by atoms with Crippen LogP contribution in [-0.4, -0.2) is 15.0 Å². The average molecular weight is 642 g/mol. The lowest BCUT2D eigenvalue weighted by atomic mass is 9.93. The number of aromatic nitrogens is 3. The van der Waals surface area contributed by atoms with Crippen molar-refractivity contribution >= 4 is 63.8 Å². The van der Waals surface area contributed by atoms with Gasteiger partial charge in [-0.3, -0.25) is 0 Å². The van der Waals surface area contributed by atoms with Gasteiger partial charge < -0.3 is 0 Å². The fourth-order valence-electron chi connectivity index (χ4n) is 7.16. The Labute approximate surface area is 286 Å². The molecular weight excluding hydrogens is 615 g/mol. The first-order valence-electron chi connectivity index (χ1n) is 16.4. The molecule has 4 heteroatoms. The molecule has 49 heavy (non-hydrogen) atoms. The maximum atomic E-state index is 5.07. The van der Waals surface area contributed by atoms with E-state index in [2.05, 4.69) is 127 Å². The molecule has 0 saturated heterocycles. The molecule has 3 nitrogen and oxygen atoms in total. The number of hydrogen-bond donors (Lipinski definition) is 0. The average Bonchev–Trinajstić information content (AvgIpc) is 3.58. The Morgan fingerprint density at radius 1 is 0.327 bits per heavy atom. The molecular formula is C45H27N3S. The third-order valence-corrected chi connectivity index (χ3v) is 10.7. The fraction of sp³-hybridized carbons (Fsp3) is 0. The smallest absolute Gasteiger partial charge is 0.164 e. The molecule has 0 aliphatic heterocycles. The summed E-state index contributed by atoms with van der Waals surface area (Å²) in [5.74, 6) is 1.97. The first kappa shape index (κ1) is 27.8. The van der Waals surface area contributed by atoms with Gasteiger partial charge in [-0.05, 0) is 50.2 Å². The largest absolute Gasteiger partial charge is 0.208 e. The van der Waals surface area contributed by atoms with Gasteiger partial charge in [0.05, 0.1) is 0 Å². The van der Waals surface area contributed by atoms with E-state index in [1.54, 1.807) is 0 Å². The number of nitrogens with zero attached hydrogens (tertiary/aromatic N) is 3. The van der Waals surface area contributed by atoms with E-state index < -0.39 is 0 Å². The molecule has 0 fully saturated rings. The lowest BCUT2D eigenvalue weighted by Crippen LogP contribution is -2.00. The molecule has 10 rings (SSSR count). The summed E-state index contributed by atoms with van der Waals surface area (Å²) in [6.07, 6.45) is 0. The summed E-state index contributed by atoms with van der Waals surface area (Å²) in [6, 6.07) is 57.8. The summed E-state index contributed by atoms with van der Waals surface area (Å²) in [5.41, 5.74) is 5.20. The van der Waals surface area contributed by atoms with Crippen LogP contribution in [0.1, 0.15) is 0 Å². The molecule has 0 saturated carbocycles. The SMILES string of the molecule is c1ccc(-c2ccc(-c3nc(-c4ccccc4)nc(-c4ccc5c(ccc6c7sc8ccccc8c7c7ccccc7c56)c4)n3)cc2)cc1. The molecule has 8 aromatic carbocycles. The first-order chi connectivity index (χ1) is 24.3. The number of benzene rings is 8. The van der Waals surface area contributed by atoms with Crippen molar-refractivity contribution in [2.24, 2.45) is 0 Å². The molecule has 10 aromatic rings. The van der Waals surface area contributed by atoms with Crippen molar-refractivity contribution in [2.45, 2.75) is 0 Å². The Bertz CT molecular complexity index is 2860. The highest BCUT2D eigenvalue weighted by Gasteiger charge is 2.17. The minimum Gasteiger partial charge on any atom is -0.208 e. The zero-order valence-electron chi connectivity index (χ0n) is 26.3. The van der Waals surface area contributed by atoms with Gasteiger partial charge in [-0.15, -0.1) is 11.3 Å². The molecule has 0 unspecified atom stereocenters. The standard InChI is InChI=1S/C45H27N3S/c1-3-11-28(12-4-1)29-19-21-31(22-20-29)44-46-43(30-13-5-2-6-14-30)47-45(48-44)33-24-25-34-32(27-33)23-26-38-40(34)35-15-7-8-16-36(35)41-37-17-9-10-18-39(37)49-42(38)41/h1-27H. The Morgan fingerprint density at radius 2 is 0.816 bits per heavy atom. The molecule has 0 aliphatic carbocycles. The highest BCUT2D eigenvalue weighted by Crippen LogP contribution is 2.46. The van der Waals surface area contributed by atoms with Crippen molar-refractivity contribution in [3.8, 4) is 45.3 Å². The molecule has 0 atom stereocenters. The lowest BCUT2D eigenvalue weighted by molar-refractivity contribution is 1.07. The Morgan fingerprint density at radius 3 is 1.53 bits per heavy atom. The van der Waals surface area contributed by atoms with Crippen LogP contribution >= 0.6 is 11.3 Å². The van der Waals surface area contributed by atoms with Gasteiger partial charge in [-0.2, -0.15) is 0 Å². The second kappa shape index (κ2) is 11.2. The van der Waals surface area contributed by atoms with Crippen molar-refractivity contribution in [1.29, 1.82) is 0 Å². The van der Waals surface area contributed by atoms with Crippen molar-refractivity contribution in [1.82, 2.24) is 15.0 Å². The molecule has 0 amide bonds. The van der Waals surface area contributed by atoms with Crippen molar-refractivity contribution in [3.05, 3.63) is 164 Å². The molecule has 2 heterocycles. The zero-order valence-corrected chi connectivity index (χ0v) is 27.2. The molecule has 0 spiro atoms. The Balaban J connectivity index is 1.16. The summed E-state index contributed by atoms with van der Waals surface area (Å²) < 4.78 is 2.66. The third-order valence-electron chi connectivity index (χ3n) is 9.50. The van der Waals surface area contributed by atoms with E-state index in [-0.39, 0.29) is 0 Å². The van der Waals surface area contributed by atoms with Crippen LogP contribution in [0.4, 0.5) is 0 Å². The predicted octanol–water partition coefficient (Wildman–Crippen LogP) is 12.4. The second-order valence-corrected chi connectivity index (χ2v) is 13.4. The van der Waals surface area contributed by atoms with Crippen LogP contribution in [-0.2, 0) is 0 Å². The number of thiophene rings is 1. The normalized spacial score (nSPS) is 11.7. The quantitative estimate of drug-likeness (QED) is 0.180. The van der Waals surface area contributed by atoms with Gasteiger partial charge >= 0.3 is 0 Å². The van der Waals surface area contributed by atoms with E-state index in [1.807, 2.05) is 47.7 Å². The lowest BCUT2D eigenvalue weighted by Gasteiger charge is -2.12. The van der Waals surface area contributed by atoms with Crippen LogP contribution in [0.3, 0.4) is 0 Å². The van der Waals surface area contributed by atoms with Gasteiger partial charge in [-0.1, -0.05) is 152 Å². The number of rotatable bonds is 4. The van der Waals surface area contributed by atoms with Crippen LogP contribution in [0.5, 0.6) is 0 Å². The number of fused-ring (bicyclic) bond motifs is 10. The molecule has 0 radical (unpaired) electrons. The van der Waals surface area contributed by atoms with Gasteiger partial charge in [0.25, 0.3) is 0 Å². The summed E-state index contributed by atoms with van der Waals surface area (Å²) in [6.45, 7) is 0. The minimum atomic E-state index is 0.653. The monoisotopic (exact) mass is 641 g/mol. The summed E-state index contributed by atoms with van der Waals surface area (Å²) >= 11 is 1.89. The summed E-state index contributed by atoms with van der Waals surface area (Å²) in [5, 5.41) is 10.2. The van der Waals surface area contributed by atoms with E-state index >= 15 is 0 Å². The maximum absolute atomic E-state index is 5.07. The Hall–Kier alpha value is -6.23. The molecule has 2 aromatic heterocycles. The zero-order chi connectivity index (χ0) is 32.3. The molecule has 0 aliphatic rings. The third kappa shape index (κ3) is 4.61. The van der Waals surface area contributed by atoms with Crippen LogP contribution < -0.4 is 0 Å². The Kier molecular flexibility index (Phi) is 6.36. The van der Waals surface area contributed by atoms with E-state index in [0.717, 1.165) is 27.6 Å². The van der Waals surface area contributed by atoms with Gasteiger partial charge in [0.15, 0.2) is 17.5 Å². The van der Waals surface area contributed by atoms with Crippen molar-refractivity contribution < 1.29 is 0 Å². The van der Waals surface area contributed by atoms with Gasteiger partial charge in [0.2, 0.25) is 0 Å². The first-order valence-corrected chi connectivity index (χ1v) is 17.3. The molecule has 0 bridgehead atoms. The molecule has 0 N–H and O–H groups in total. The van der Waals surface area contributed by atoms with Crippen LogP contribution in [0, 0.1) is 0 Å². The van der Waals surface area contributed by atoms with Crippen LogP contribution in [0.15, 0.2) is 164 Å². The van der Waals surface area contributed by atoms with Crippen molar-refractivity contribution in [3.63, 3.8) is 0 Å².